The zero-order chi connectivity index (χ0) is 11.8. The standard InChI is InChI=1S/C11H18N2O2S/c12-9(16)11(5-6-11)10(15)13-7-3-1-2-4-8(7)14/h7-8,14H,1-6H2,(H2,12,16)(H,13,15). The highest BCUT2D eigenvalue weighted by molar-refractivity contribution is 7.80. The summed E-state index contributed by atoms with van der Waals surface area (Å²) in [5, 5.41) is 12.7. The zero-order valence-corrected chi connectivity index (χ0v) is 10.1. The molecule has 0 spiro atoms. The number of amides is 1. The van der Waals surface area contributed by atoms with Crippen LogP contribution in [0.25, 0.3) is 0 Å². The number of nitrogens with one attached hydrogen (secondary N) is 1. The molecule has 4 nitrogen and oxygen atoms in total. The predicted molar refractivity (Wildman–Crippen MR) is 64.9 cm³/mol. The van der Waals surface area contributed by atoms with Crippen LogP contribution < -0.4 is 11.1 Å². The van der Waals surface area contributed by atoms with E-state index in [0.29, 0.717) is 0 Å². The normalized spacial score (nSPS) is 31.8. The highest BCUT2D eigenvalue weighted by atomic mass is 32.1. The van der Waals surface area contributed by atoms with Crippen LogP contribution in [0.5, 0.6) is 0 Å². The van der Waals surface area contributed by atoms with Gasteiger partial charge in [-0.05, 0) is 25.7 Å². The molecular formula is C11H18N2O2S. The quantitative estimate of drug-likeness (QED) is 0.629. The molecule has 16 heavy (non-hydrogen) atoms. The van der Waals surface area contributed by atoms with Crippen molar-refractivity contribution in [1.29, 1.82) is 0 Å². The molecular weight excluding hydrogens is 224 g/mol. The Hall–Kier alpha value is -0.680. The van der Waals surface area contributed by atoms with Gasteiger partial charge in [0.05, 0.1) is 22.5 Å². The Bertz CT molecular complexity index is 315. The lowest BCUT2D eigenvalue weighted by Crippen LogP contribution is -2.50. The van der Waals surface area contributed by atoms with E-state index in [1.54, 1.807) is 0 Å². The first-order valence-electron chi connectivity index (χ1n) is 5.85. The van der Waals surface area contributed by atoms with Gasteiger partial charge in [0.15, 0.2) is 0 Å². The van der Waals surface area contributed by atoms with Crippen LogP contribution in [-0.4, -0.2) is 28.1 Å². The number of hydrogen-bond donors (Lipinski definition) is 3. The smallest absolute Gasteiger partial charge is 0.233 e. The second-order valence-corrected chi connectivity index (χ2v) is 5.32. The van der Waals surface area contributed by atoms with Gasteiger partial charge < -0.3 is 16.2 Å². The van der Waals surface area contributed by atoms with Gasteiger partial charge in [-0.2, -0.15) is 0 Å². The lowest BCUT2D eigenvalue weighted by molar-refractivity contribution is -0.126. The third-order valence-corrected chi connectivity index (χ3v) is 4.09. The Kier molecular flexibility index (Phi) is 3.17. The fourth-order valence-electron chi connectivity index (χ4n) is 2.30. The molecule has 2 fully saturated rings. The minimum Gasteiger partial charge on any atom is -0.392 e. The van der Waals surface area contributed by atoms with Crippen LogP contribution >= 0.6 is 12.2 Å². The van der Waals surface area contributed by atoms with Gasteiger partial charge in [-0.3, -0.25) is 4.79 Å². The molecule has 2 unspecified atom stereocenters. The first kappa shape index (κ1) is 11.8. The minimum atomic E-state index is -0.605. The Morgan fingerprint density at radius 1 is 1.38 bits per heavy atom. The van der Waals surface area contributed by atoms with Crippen LogP contribution in [0.4, 0.5) is 0 Å². The molecule has 5 heteroatoms. The Labute approximate surface area is 101 Å². The first-order valence-corrected chi connectivity index (χ1v) is 6.26. The Morgan fingerprint density at radius 2 is 2.00 bits per heavy atom. The number of nitrogens with two attached hydrogens (primary N) is 1. The molecule has 0 saturated heterocycles. The van der Waals surface area contributed by atoms with Gasteiger partial charge in [-0.1, -0.05) is 25.1 Å². The molecule has 90 valence electrons. The molecule has 0 bridgehead atoms. The molecule has 2 rings (SSSR count). The third kappa shape index (κ3) is 2.06. The van der Waals surface area contributed by atoms with Gasteiger partial charge in [0, 0.05) is 0 Å². The van der Waals surface area contributed by atoms with Crippen LogP contribution in [-0.2, 0) is 4.79 Å². The molecule has 2 aliphatic rings. The molecule has 2 saturated carbocycles. The first-order chi connectivity index (χ1) is 7.56. The van der Waals surface area contributed by atoms with E-state index in [1.807, 2.05) is 0 Å². The van der Waals surface area contributed by atoms with Crippen molar-refractivity contribution in [2.45, 2.75) is 50.7 Å². The van der Waals surface area contributed by atoms with E-state index in [9.17, 15) is 9.90 Å². The lowest BCUT2D eigenvalue weighted by Gasteiger charge is -2.29. The molecule has 0 aliphatic heterocycles. The molecule has 1 amide bonds. The summed E-state index contributed by atoms with van der Waals surface area (Å²) in [6, 6.07) is -0.118. The maximum Gasteiger partial charge on any atom is 0.233 e. The Morgan fingerprint density at radius 3 is 2.50 bits per heavy atom. The van der Waals surface area contributed by atoms with Crippen molar-refractivity contribution in [2.24, 2.45) is 11.1 Å². The lowest BCUT2D eigenvalue weighted by atomic mass is 9.92. The summed E-state index contributed by atoms with van der Waals surface area (Å²) in [5.41, 5.74) is 4.98. The van der Waals surface area contributed by atoms with E-state index in [-0.39, 0.29) is 16.9 Å². The number of aliphatic hydroxyl groups excluding tert-OH is 1. The highest BCUT2D eigenvalue weighted by Crippen LogP contribution is 2.46. The predicted octanol–water partition coefficient (Wildman–Crippen LogP) is 0.472. The third-order valence-electron chi connectivity index (χ3n) is 3.70. The van der Waals surface area contributed by atoms with Crippen molar-refractivity contribution in [3.8, 4) is 0 Å². The van der Waals surface area contributed by atoms with E-state index < -0.39 is 11.5 Å². The Balaban J connectivity index is 1.94. The van der Waals surface area contributed by atoms with E-state index in [1.165, 1.54) is 0 Å². The summed E-state index contributed by atoms with van der Waals surface area (Å²) in [7, 11) is 0. The van der Waals surface area contributed by atoms with Crippen molar-refractivity contribution < 1.29 is 9.90 Å². The van der Waals surface area contributed by atoms with Gasteiger partial charge in [0.25, 0.3) is 0 Å². The number of rotatable bonds is 3. The van der Waals surface area contributed by atoms with E-state index in [4.69, 9.17) is 18.0 Å². The molecule has 0 aromatic rings. The van der Waals surface area contributed by atoms with Gasteiger partial charge in [0.2, 0.25) is 5.91 Å². The molecule has 0 aromatic carbocycles. The molecule has 0 heterocycles. The topological polar surface area (TPSA) is 75.4 Å². The van der Waals surface area contributed by atoms with Crippen molar-refractivity contribution in [2.75, 3.05) is 0 Å². The summed E-state index contributed by atoms with van der Waals surface area (Å²) in [5.74, 6) is -0.0917. The fourth-order valence-corrected chi connectivity index (χ4v) is 2.59. The summed E-state index contributed by atoms with van der Waals surface area (Å²) < 4.78 is 0. The summed E-state index contributed by atoms with van der Waals surface area (Å²) in [6.45, 7) is 0. The van der Waals surface area contributed by atoms with Crippen LogP contribution in [0.3, 0.4) is 0 Å². The molecule has 0 aromatic heterocycles. The van der Waals surface area contributed by atoms with Crippen LogP contribution in [0, 0.1) is 5.41 Å². The van der Waals surface area contributed by atoms with E-state index >= 15 is 0 Å². The van der Waals surface area contributed by atoms with E-state index in [0.717, 1.165) is 38.5 Å². The number of carbonyl (C=O) groups excluding carboxylic acids is 1. The average Bonchev–Trinajstić information content (AvgIpc) is 3.02. The summed E-state index contributed by atoms with van der Waals surface area (Å²) in [4.78, 5) is 12.3. The van der Waals surface area contributed by atoms with Crippen molar-refractivity contribution in [3.05, 3.63) is 0 Å². The monoisotopic (exact) mass is 242 g/mol. The summed E-state index contributed by atoms with van der Waals surface area (Å²) in [6.07, 6.45) is 4.79. The average molecular weight is 242 g/mol. The SMILES string of the molecule is NC(=S)C1(C(=O)NC2CCCCC2O)CC1. The van der Waals surface area contributed by atoms with Crippen LogP contribution in [0.2, 0.25) is 0 Å². The molecule has 4 N–H and O–H groups in total. The van der Waals surface area contributed by atoms with Gasteiger partial charge in [-0.15, -0.1) is 0 Å². The zero-order valence-electron chi connectivity index (χ0n) is 9.24. The van der Waals surface area contributed by atoms with E-state index in [2.05, 4.69) is 5.32 Å². The number of hydrogen-bond acceptors (Lipinski definition) is 3. The largest absolute Gasteiger partial charge is 0.392 e. The van der Waals surface area contributed by atoms with Gasteiger partial charge in [0.1, 0.15) is 0 Å². The number of aliphatic hydroxyl groups is 1. The van der Waals surface area contributed by atoms with Crippen molar-refractivity contribution in [3.63, 3.8) is 0 Å². The number of carbonyl (C=O) groups is 1. The van der Waals surface area contributed by atoms with Gasteiger partial charge in [-0.25, -0.2) is 0 Å². The van der Waals surface area contributed by atoms with Crippen LogP contribution in [0.15, 0.2) is 0 Å². The van der Waals surface area contributed by atoms with Crippen LogP contribution in [0.1, 0.15) is 38.5 Å². The maximum absolute atomic E-state index is 12.0. The minimum absolute atomic E-state index is 0.0917. The maximum atomic E-state index is 12.0. The summed E-state index contributed by atoms with van der Waals surface area (Å²) >= 11 is 4.92. The molecule has 2 atom stereocenters. The molecule has 2 aliphatic carbocycles. The highest BCUT2D eigenvalue weighted by Gasteiger charge is 2.53. The number of thiocarbonyl (C=S) groups is 1. The van der Waals surface area contributed by atoms with Crippen molar-refractivity contribution >= 4 is 23.1 Å². The van der Waals surface area contributed by atoms with Crippen molar-refractivity contribution in [1.82, 2.24) is 5.32 Å². The second kappa shape index (κ2) is 4.30. The second-order valence-electron chi connectivity index (χ2n) is 4.88. The van der Waals surface area contributed by atoms with Gasteiger partial charge >= 0.3 is 0 Å². The molecule has 0 radical (unpaired) electrons. The fraction of sp³-hybridized carbons (Fsp3) is 0.818.